The molecule has 5 heterocycles. The molecule has 5 rings (SSSR count). The summed E-state index contributed by atoms with van der Waals surface area (Å²) in [5.74, 6) is 0.919. The van der Waals surface area contributed by atoms with Crippen LogP contribution in [-0.2, 0) is 14.8 Å². The number of carbonyl (C=O) groups is 1. The molecule has 2 fully saturated rings. The highest BCUT2D eigenvalue weighted by Crippen LogP contribution is 2.35. The number of H-pyrrole nitrogens is 1. The number of sulfonamides is 1. The molecule has 0 bridgehead atoms. The number of ether oxygens (including phenoxy) is 2. The van der Waals surface area contributed by atoms with Crippen LogP contribution in [0, 0.1) is 0 Å². The summed E-state index contributed by atoms with van der Waals surface area (Å²) in [5.41, 5.74) is 2.09. The van der Waals surface area contributed by atoms with Crippen molar-refractivity contribution in [1.82, 2.24) is 34.0 Å². The Kier molecular flexibility index (Phi) is 6.71. The van der Waals surface area contributed by atoms with Gasteiger partial charge in [0.05, 0.1) is 19.6 Å². The minimum absolute atomic E-state index is 0.0475. The monoisotopic (exact) mass is 518 g/mol. The Morgan fingerprint density at radius 3 is 2.69 bits per heavy atom. The van der Waals surface area contributed by atoms with E-state index >= 15 is 0 Å². The summed E-state index contributed by atoms with van der Waals surface area (Å²) in [7, 11) is -1.83. The standard InChI is InChI=1S/C22H30N8O5S/c1-34-22(31)29-9-4-3-5-18(29)35-19-17(15-13-23-24-14-15)8-12-30-20(19)26-21(27-30)25-16-6-10-28(11-7-16)36(2,32)33/h8,12-14,16,18H,3-7,9-11H2,1-2H3,(H,23,24)(H,25,27). The molecule has 0 aromatic carbocycles. The molecular formula is C22H30N8O5S. The van der Waals surface area contributed by atoms with Crippen molar-refractivity contribution in [2.45, 2.75) is 44.4 Å². The van der Waals surface area contributed by atoms with Crippen molar-refractivity contribution in [3.05, 3.63) is 24.7 Å². The van der Waals surface area contributed by atoms with Crippen LogP contribution in [0.15, 0.2) is 24.7 Å². The average molecular weight is 519 g/mol. The average Bonchev–Trinajstić information content (AvgIpc) is 3.54. The molecule has 0 aliphatic carbocycles. The van der Waals surface area contributed by atoms with Crippen LogP contribution >= 0.6 is 0 Å². The molecule has 14 heteroatoms. The zero-order valence-electron chi connectivity index (χ0n) is 20.3. The number of anilines is 1. The molecule has 2 aliphatic heterocycles. The van der Waals surface area contributed by atoms with Gasteiger partial charge in [0.15, 0.2) is 12.0 Å². The van der Waals surface area contributed by atoms with Crippen molar-refractivity contribution in [3.8, 4) is 16.9 Å². The lowest BCUT2D eigenvalue weighted by Gasteiger charge is -2.34. The van der Waals surface area contributed by atoms with Crippen LogP contribution < -0.4 is 10.1 Å². The lowest BCUT2D eigenvalue weighted by atomic mass is 10.1. The van der Waals surface area contributed by atoms with E-state index in [2.05, 4.69) is 20.6 Å². The molecule has 36 heavy (non-hydrogen) atoms. The first kappa shape index (κ1) is 24.3. The fraction of sp³-hybridized carbons (Fsp3) is 0.545. The van der Waals surface area contributed by atoms with E-state index in [4.69, 9.17) is 14.5 Å². The number of carbonyl (C=O) groups excluding carboxylic acids is 1. The van der Waals surface area contributed by atoms with Crippen LogP contribution in [-0.4, -0.2) is 93.8 Å². The summed E-state index contributed by atoms with van der Waals surface area (Å²) in [4.78, 5) is 18.7. The number of methoxy groups -OCH3 is 1. The van der Waals surface area contributed by atoms with Gasteiger partial charge in [0, 0.05) is 55.6 Å². The molecule has 13 nitrogen and oxygen atoms in total. The molecule has 3 aromatic rings. The number of aromatic nitrogens is 5. The van der Waals surface area contributed by atoms with E-state index in [1.165, 1.54) is 17.7 Å². The molecule has 1 atom stereocenters. The number of likely N-dealkylation sites (tertiary alicyclic amines) is 1. The van der Waals surface area contributed by atoms with E-state index in [0.29, 0.717) is 56.2 Å². The highest BCUT2D eigenvalue weighted by molar-refractivity contribution is 7.88. The quantitative estimate of drug-likeness (QED) is 0.499. The van der Waals surface area contributed by atoms with E-state index in [1.807, 2.05) is 6.07 Å². The molecule has 2 N–H and O–H groups in total. The third kappa shape index (κ3) is 4.95. The van der Waals surface area contributed by atoms with E-state index in [-0.39, 0.29) is 6.04 Å². The summed E-state index contributed by atoms with van der Waals surface area (Å²) in [6.07, 6.45) is 9.34. The molecule has 1 unspecified atom stereocenters. The molecule has 2 aliphatic rings. The summed E-state index contributed by atoms with van der Waals surface area (Å²) < 4.78 is 38.2. The zero-order chi connectivity index (χ0) is 25.3. The van der Waals surface area contributed by atoms with Crippen molar-refractivity contribution in [3.63, 3.8) is 0 Å². The highest BCUT2D eigenvalue weighted by Gasteiger charge is 2.31. The van der Waals surface area contributed by atoms with Gasteiger partial charge in [-0.1, -0.05) is 0 Å². The maximum absolute atomic E-state index is 12.4. The van der Waals surface area contributed by atoms with Crippen LogP contribution in [0.4, 0.5) is 10.7 Å². The third-order valence-electron chi connectivity index (χ3n) is 6.64. The number of piperidine rings is 2. The summed E-state index contributed by atoms with van der Waals surface area (Å²) in [6.45, 7) is 1.45. The number of fused-ring (bicyclic) bond motifs is 1. The molecule has 0 saturated carbocycles. The van der Waals surface area contributed by atoms with Crippen molar-refractivity contribution in [2.75, 3.05) is 38.3 Å². The molecule has 3 aromatic heterocycles. The van der Waals surface area contributed by atoms with Gasteiger partial charge in [-0.25, -0.2) is 22.0 Å². The predicted molar refractivity (Wildman–Crippen MR) is 131 cm³/mol. The smallest absolute Gasteiger partial charge is 0.412 e. The number of nitrogens with zero attached hydrogens (tertiary/aromatic N) is 6. The summed E-state index contributed by atoms with van der Waals surface area (Å²) in [5, 5.41) is 14.8. The first-order valence-electron chi connectivity index (χ1n) is 11.9. The number of hydrogen-bond donors (Lipinski definition) is 2. The Labute approximate surface area is 208 Å². The number of amides is 1. The van der Waals surface area contributed by atoms with Gasteiger partial charge in [-0.3, -0.25) is 10.00 Å². The van der Waals surface area contributed by atoms with Crippen molar-refractivity contribution < 1.29 is 22.7 Å². The van der Waals surface area contributed by atoms with Crippen LogP contribution in [0.1, 0.15) is 32.1 Å². The lowest BCUT2D eigenvalue weighted by Crippen LogP contribution is -2.46. The highest BCUT2D eigenvalue weighted by atomic mass is 32.2. The zero-order valence-corrected chi connectivity index (χ0v) is 21.1. The topological polar surface area (TPSA) is 147 Å². The van der Waals surface area contributed by atoms with Gasteiger partial charge in [-0.05, 0) is 31.7 Å². The van der Waals surface area contributed by atoms with Gasteiger partial charge in [0.25, 0.3) is 0 Å². The second-order valence-electron chi connectivity index (χ2n) is 9.06. The van der Waals surface area contributed by atoms with Gasteiger partial charge in [-0.15, -0.1) is 5.10 Å². The number of hydrogen-bond acceptors (Lipinski definition) is 9. The van der Waals surface area contributed by atoms with Crippen LogP contribution in [0.2, 0.25) is 0 Å². The molecule has 194 valence electrons. The van der Waals surface area contributed by atoms with E-state index in [0.717, 1.165) is 24.0 Å². The van der Waals surface area contributed by atoms with Crippen molar-refractivity contribution in [2.24, 2.45) is 0 Å². The minimum atomic E-state index is -3.19. The largest absolute Gasteiger partial charge is 0.466 e. The Bertz CT molecular complexity index is 1320. The van der Waals surface area contributed by atoms with Gasteiger partial charge in [0.2, 0.25) is 21.6 Å². The Morgan fingerprint density at radius 2 is 2.00 bits per heavy atom. The molecule has 1 amide bonds. The SMILES string of the molecule is COC(=O)N1CCCCC1Oc1c(-c2cn[nH]c2)ccn2nc(NC3CCN(S(C)(=O)=O)CC3)nc12. The van der Waals surface area contributed by atoms with Gasteiger partial charge in [-0.2, -0.15) is 10.1 Å². The second-order valence-corrected chi connectivity index (χ2v) is 11.0. The fourth-order valence-corrected chi connectivity index (χ4v) is 5.60. The van der Waals surface area contributed by atoms with E-state index in [1.54, 1.807) is 28.0 Å². The molecule has 0 spiro atoms. The lowest BCUT2D eigenvalue weighted by molar-refractivity contribution is 0.000639. The maximum atomic E-state index is 12.4. The van der Waals surface area contributed by atoms with Crippen LogP contribution in [0.25, 0.3) is 16.8 Å². The number of nitrogens with one attached hydrogen (secondary N) is 2. The molecule has 2 saturated heterocycles. The van der Waals surface area contributed by atoms with Crippen molar-refractivity contribution >= 4 is 27.7 Å². The summed E-state index contributed by atoms with van der Waals surface area (Å²) in [6, 6.07) is 1.92. The predicted octanol–water partition coefficient (Wildman–Crippen LogP) is 1.91. The number of pyridine rings is 1. The first-order chi connectivity index (χ1) is 17.3. The van der Waals surface area contributed by atoms with Gasteiger partial charge >= 0.3 is 6.09 Å². The Hall–Kier alpha value is -3.39. The summed E-state index contributed by atoms with van der Waals surface area (Å²) >= 11 is 0. The maximum Gasteiger partial charge on any atom is 0.412 e. The van der Waals surface area contributed by atoms with Crippen LogP contribution in [0.3, 0.4) is 0 Å². The van der Waals surface area contributed by atoms with Gasteiger partial charge in [0.1, 0.15) is 0 Å². The molecular weight excluding hydrogens is 488 g/mol. The fourth-order valence-electron chi connectivity index (χ4n) is 4.73. The third-order valence-corrected chi connectivity index (χ3v) is 7.94. The van der Waals surface area contributed by atoms with E-state index in [9.17, 15) is 13.2 Å². The minimum Gasteiger partial charge on any atom is -0.466 e. The normalized spacial score (nSPS) is 19.9. The van der Waals surface area contributed by atoms with E-state index < -0.39 is 22.3 Å². The van der Waals surface area contributed by atoms with Crippen molar-refractivity contribution in [1.29, 1.82) is 0 Å². The Morgan fingerprint density at radius 1 is 1.19 bits per heavy atom. The number of aromatic amines is 1. The second kappa shape index (κ2) is 9.93. The van der Waals surface area contributed by atoms with Crippen LogP contribution in [0.5, 0.6) is 5.75 Å². The molecule has 0 radical (unpaired) electrons. The Balaban J connectivity index is 1.44. The number of rotatable bonds is 6. The van der Waals surface area contributed by atoms with Gasteiger partial charge < -0.3 is 14.8 Å². The first-order valence-corrected chi connectivity index (χ1v) is 13.8.